The van der Waals surface area contributed by atoms with Crippen LogP contribution in [0.15, 0.2) is 0 Å². The Labute approximate surface area is 113 Å². The summed E-state index contributed by atoms with van der Waals surface area (Å²) in [4.78, 5) is 11.4. The first kappa shape index (κ1) is 14.1. The zero-order valence-corrected chi connectivity index (χ0v) is 12.8. The van der Waals surface area contributed by atoms with Crippen LogP contribution in [0.4, 0.5) is 0 Å². The Balaban J connectivity index is 2.23. The lowest BCUT2D eigenvalue weighted by atomic mass is 9.57. The second kappa shape index (κ2) is 4.65. The van der Waals surface area contributed by atoms with Crippen LogP contribution in [0.2, 0.25) is 0 Å². The van der Waals surface area contributed by atoms with Gasteiger partial charge in [-0.05, 0) is 48.3 Å². The summed E-state index contributed by atoms with van der Waals surface area (Å²) in [6, 6.07) is 0. The Hall–Kier alpha value is -0.330. The van der Waals surface area contributed by atoms with E-state index in [2.05, 4.69) is 34.6 Å². The highest BCUT2D eigenvalue weighted by atomic mass is 16.1. The van der Waals surface area contributed by atoms with E-state index in [1.54, 1.807) is 0 Å². The summed E-state index contributed by atoms with van der Waals surface area (Å²) in [7, 11) is 0. The molecule has 2 aliphatic carbocycles. The predicted octanol–water partition coefficient (Wildman–Crippen LogP) is 4.70. The average Bonchev–Trinajstić information content (AvgIpc) is 2.66. The van der Waals surface area contributed by atoms with Gasteiger partial charge in [-0.25, -0.2) is 0 Å². The van der Waals surface area contributed by atoms with Crippen molar-refractivity contribution in [3.8, 4) is 0 Å². The standard InChI is InChI=1S/C17H30O/c1-12-7-6-10-17(5)14(12)8-9-15(17)13(2)16(3,4)11-18/h11-15H,6-10H2,1-5H3/t12-,13+,14?,15?,17-/m0/s1. The van der Waals surface area contributed by atoms with Crippen LogP contribution in [-0.2, 0) is 4.79 Å². The average molecular weight is 250 g/mol. The topological polar surface area (TPSA) is 17.1 Å². The number of carbonyl (C=O) groups excluding carboxylic acids is 1. The molecule has 0 amide bonds. The molecule has 2 saturated carbocycles. The Morgan fingerprint density at radius 1 is 1.28 bits per heavy atom. The van der Waals surface area contributed by atoms with E-state index in [9.17, 15) is 4.79 Å². The third-order valence-corrected chi connectivity index (χ3v) is 6.63. The van der Waals surface area contributed by atoms with Crippen molar-refractivity contribution < 1.29 is 4.79 Å². The van der Waals surface area contributed by atoms with Crippen molar-refractivity contribution in [2.75, 3.05) is 0 Å². The fourth-order valence-electron chi connectivity index (χ4n) is 5.05. The minimum absolute atomic E-state index is 0.163. The molecule has 0 aromatic carbocycles. The van der Waals surface area contributed by atoms with Gasteiger partial charge < -0.3 is 4.79 Å². The molecule has 1 heteroatoms. The first-order valence-corrected chi connectivity index (χ1v) is 7.79. The van der Waals surface area contributed by atoms with Crippen LogP contribution in [-0.4, -0.2) is 6.29 Å². The maximum absolute atomic E-state index is 11.4. The van der Waals surface area contributed by atoms with E-state index < -0.39 is 0 Å². The lowest BCUT2D eigenvalue weighted by Gasteiger charge is -2.48. The van der Waals surface area contributed by atoms with Gasteiger partial charge in [0.1, 0.15) is 6.29 Å². The van der Waals surface area contributed by atoms with Crippen molar-refractivity contribution in [3.05, 3.63) is 0 Å². The number of carbonyl (C=O) groups is 1. The van der Waals surface area contributed by atoms with Gasteiger partial charge in [-0.3, -0.25) is 0 Å². The van der Waals surface area contributed by atoms with E-state index in [1.807, 2.05) is 0 Å². The van der Waals surface area contributed by atoms with Crippen LogP contribution in [0.3, 0.4) is 0 Å². The molecule has 0 aliphatic heterocycles. The highest BCUT2D eigenvalue weighted by Gasteiger charge is 2.53. The molecule has 2 rings (SSSR count). The fraction of sp³-hybridized carbons (Fsp3) is 0.941. The van der Waals surface area contributed by atoms with Crippen LogP contribution in [0.25, 0.3) is 0 Å². The zero-order valence-electron chi connectivity index (χ0n) is 12.8. The largest absolute Gasteiger partial charge is 0.303 e. The van der Waals surface area contributed by atoms with Crippen molar-refractivity contribution in [1.29, 1.82) is 0 Å². The first-order chi connectivity index (χ1) is 8.33. The second-order valence-electron chi connectivity index (χ2n) is 7.89. The predicted molar refractivity (Wildman–Crippen MR) is 76.3 cm³/mol. The van der Waals surface area contributed by atoms with E-state index in [4.69, 9.17) is 0 Å². The first-order valence-electron chi connectivity index (χ1n) is 7.79. The summed E-state index contributed by atoms with van der Waals surface area (Å²) < 4.78 is 0. The molecule has 18 heavy (non-hydrogen) atoms. The lowest BCUT2D eigenvalue weighted by molar-refractivity contribution is -0.119. The molecule has 0 saturated heterocycles. The summed E-state index contributed by atoms with van der Waals surface area (Å²) >= 11 is 0. The second-order valence-corrected chi connectivity index (χ2v) is 7.89. The summed E-state index contributed by atoms with van der Waals surface area (Å²) in [5, 5.41) is 0. The molecule has 0 heterocycles. The van der Waals surface area contributed by atoms with Gasteiger partial charge in [0, 0.05) is 5.41 Å². The number of rotatable bonds is 3. The van der Waals surface area contributed by atoms with Crippen LogP contribution in [0.5, 0.6) is 0 Å². The summed E-state index contributed by atoms with van der Waals surface area (Å²) in [6.07, 6.45) is 8.09. The summed E-state index contributed by atoms with van der Waals surface area (Å²) in [5.41, 5.74) is 0.334. The third-order valence-electron chi connectivity index (χ3n) is 6.63. The van der Waals surface area contributed by atoms with Crippen molar-refractivity contribution >= 4 is 6.29 Å². The summed E-state index contributed by atoms with van der Waals surface area (Å²) in [6.45, 7) is 11.5. The van der Waals surface area contributed by atoms with E-state index in [-0.39, 0.29) is 5.41 Å². The molecule has 0 N–H and O–H groups in total. The van der Waals surface area contributed by atoms with Crippen molar-refractivity contribution in [3.63, 3.8) is 0 Å². The molecule has 0 aromatic heterocycles. The smallest absolute Gasteiger partial charge is 0.125 e. The van der Waals surface area contributed by atoms with Gasteiger partial charge in [-0.2, -0.15) is 0 Å². The van der Waals surface area contributed by atoms with E-state index in [0.29, 0.717) is 11.3 Å². The fourth-order valence-corrected chi connectivity index (χ4v) is 5.05. The van der Waals surface area contributed by atoms with E-state index in [1.165, 1.54) is 38.4 Å². The van der Waals surface area contributed by atoms with Gasteiger partial charge in [0.15, 0.2) is 0 Å². The Morgan fingerprint density at radius 2 is 1.94 bits per heavy atom. The van der Waals surface area contributed by atoms with Crippen molar-refractivity contribution in [2.24, 2.45) is 34.5 Å². The number of aldehydes is 1. The molecule has 5 atom stereocenters. The quantitative estimate of drug-likeness (QED) is 0.663. The Morgan fingerprint density at radius 3 is 2.56 bits per heavy atom. The van der Waals surface area contributed by atoms with Gasteiger partial charge in [-0.15, -0.1) is 0 Å². The van der Waals surface area contributed by atoms with Crippen LogP contribution in [0, 0.1) is 34.5 Å². The molecule has 0 radical (unpaired) electrons. The zero-order chi connectivity index (χ0) is 13.6. The number of hydrogen-bond acceptors (Lipinski definition) is 1. The van der Waals surface area contributed by atoms with Gasteiger partial charge in [-0.1, -0.05) is 47.5 Å². The summed E-state index contributed by atoms with van der Waals surface area (Å²) in [5.74, 6) is 3.04. The molecule has 2 aliphatic rings. The normalized spacial score (nSPS) is 42.4. The van der Waals surface area contributed by atoms with E-state index in [0.717, 1.165) is 17.8 Å². The molecule has 0 aromatic rings. The maximum Gasteiger partial charge on any atom is 0.125 e. The minimum Gasteiger partial charge on any atom is -0.303 e. The molecule has 0 spiro atoms. The Kier molecular flexibility index (Phi) is 3.64. The highest BCUT2D eigenvalue weighted by molar-refractivity contribution is 5.58. The lowest BCUT2D eigenvalue weighted by Crippen LogP contribution is -2.42. The molecule has 104 valence electrons. The van der Waals surface area contributed by atoms with Gasteiger partial charge >= 0.3 is 0 Å². The van der Waals surface area contributed by atoms with Crippen molar-refractivity contribution in [1.82, 2.24) is 0 Å². The highest BCUT2D eigenvalue weighted by Crippen LogP contribution is 2.61. The Bertz CT molecular complexity index is 320. The molecule has 2 unspecified atom stereocenters. The maximum atomic E-state index is 11.4. The number of hydrogen-bond donors (Lipinski definition) is 0. The van der Waals surface area contributed by atoms with Gasteiger partial charge in [0.05, 0.1) is 0 Å². The molecular weight excluding hydrogens is 220 g/mol. The molecular formula is C17H30O. The van der Waals surface area contributed by atoms with Crippen LogP contribution >= 0.6 is 0 Å². The number of fused-ring (bicyclic) bond motifs is 1. The SMILES string of the molecule is C[C@H](C1CCC2[C@@H](C)CCC[C@]12C)C(C)(C)C=O. The van der Waals surface area contributed by atoms with Crippen molar-refractivity contribution in [2.45, 2.75) is 66.7 Å². The van der Waals surface area contributed by atoms with E-state index >= 15 is 0 Å². The molecule has 0 bridgehead atoms. The minimum atomic E-state index is -0.163. The monoisotopic (exact) mass is 250 g/mol. The van der Waals surface area contributed by atoms with Gasteiger partial charge in [0.25, 0.3) is 0 Å². The van der Waals surface area contributed by atoms with Crippen LogP contribution < -0.4 is 0 Å². The van der Waals surface area contributed by atoms with Gasteiger partial charge in [0.2, 0.25) is 0 Å². The van der Waals surface area contributed by atoms with Crippen LogP contribution in [0.1, 0.15) is 66.7 Å². The third kappa shape index (κ3) is 2.04. The molecule has 1 nitrogen and oxygen atoms in total. The molecule has 2 fully saturated rings.